The van der Waals surface area contributed by atoms with Gasteiger partial charge in [-0.05, 0) is 60.2 Å². The van der Waals surface area contributed by atoms with E-state index < -0.39 is 10.0 Å². The second kappa shape index (κ2) is 10.4. The summed E-state index contributed by atoms with van der Waals surface area (Å²) in [6.45, 7) is 10.6. The molecule has 7 heteroatoms. The van der Waals surface area contributed by atoms with Crippen LogP contribution in [-0.2, 0) is 20.9 Å². The number of hydrogen-bond donors (Lipinski definition) is 1. The van der Waals surface area contributed by atoms with Crippen LogP contribution in [0.2, 0.25) is 5.02 Å². The van der Waals surface area contributed by atoms with Gasteiger partial charge in [0.05, 0.1) is 12.4 Å². The molecule has 1 fully saturated rings. The van der Waals surface area contributed by atoms with E-state index in [9.17, 15) is 8.42 Å². The van der Waals surface area contributed by atoms with Gasteiger partial charge in [-0.25, -0.2) is 12.7 Å². The Morgan fingerprint density at radius 1 is 1.09 bits per heavy atom. The maximum atomic E-state index is 12.5. The Bertz CT molecular complexity index is 1120. The molecule has 0 spiro atoms. The van der Waals surface area contributed by atoms with Gasteiger partial charge in [-0.1, -0.05) is 63.9 Å². The SMILES string of the molecule is CCN(CC)S(=O)(=O)CCCOc1ccc2c(c1)C(C1(c3ccc(Cl)cc3)CCC1)NCC2(C)C. The first-order valence-electron chi connectivity index (χ1n) is 12.9. The lowest BCUT2D eigenvalue weighted by Gasteiger charge is -2.53. The van der Waals surface area contributed by atoms with Crippen LogP contribution in [0.25, 0.3) is 0 Å². The summed E-state index contributed by atoms with van der Waals surface area (Å²) in [5, 5.41) is 4.65. The topological polar surface area (TPSA) is 58.6 Å². The van der Waals surface area contributed by atoms with Gasteiger partial charge in [-0.2, -0.15) is 0 Å². The van der Waals surface area contributed by atoms with E-state index >= 15 is 0 Å². The van der Waals surface area contributed by atoms with Crippen LogP contribution in [0.3, 0.4) is 0 Å². The summed E-state index contributed by atoms with van der Waals surface area (Å²) in [7, 11) is -3.23. The van der Waals surface area contributed by atoms with Gasteiger partial charge in [0.15, 0.2) is 0 Å². The molecule has 4 rings (SSSR count). The van der Waals surface area contributed by atoms with Gasteiger partial charge in [-0.3, -0.25) is 0 Å². The number of ether oxygens (including phenoxy) is 1. The fourth-order valence-electron chi connectivity index (χ4n) is 5.80. The van der Waals surface area contributed by atoms with Crippen LogP contribution < -0.4 is 10.1 Å². The average molecular weight is 519 g/mol. The van der Waals surface area contributed by atoms with E-state index in [1.165, 1.54) is 27.4 Å². The molecular formula is C28H39ClN2O3S. The van der Waals surface area contributed by atoms with Crippen molar-refractivity contribution in [2.75, 3.05) is 32.0 Å². The summed E-state index contributed by atoms with van der Waals surface area (Å²) in [6, 6.07) is 15.0. The number of nitrogens with zero attached hydrogens (tertiary/aromatic N) is 1. The lowest BCUT2D eigenvalue weighted by Crippen LogP contribution is -2.53. The second-order valence-electron chi connectivity index (χ2n) is 10.6. The summed E-state index contributed by atoms with van der Waals surface area (Å²) >= 11 is 6.20. The van der Waals surface area contributed by atoms with Crippen molar-refractivity contribution in [1.82, 2.24) is 9.62 Å². The van der Waals surface area contributed by atoms with E-state index in [-0.39, 0.29) is 22.6 Å². The van der Waals surface area contributed by atoms with Gasteiger partial charge in [0.1, 0.15) is 5.75 Å². The first-order chi connectivity index (χ1) is 16.6. The second-order valence-corrected chi connectivity index (χ2v) is 13.1. The molecule has 192 valence electrons. The maximum absolute atomic E-state index is 12.5. The Morgan fingerprint density at radius 3 is 2.37 bits per heavy atom. The molecule has 1 aliphatic heterocycles. The van der Waals surface area contributed by atoms with E-state index in [0.29, 0.717) is 26.1 Å². The van der Waals surface area contributed by atoms with Crippen molar-refractivity contribution < 1.29 is 13.2 Å². The highest BCUT2D eigenvalue weighted by Crippen LogP contribution is 2.55. The van der Waals surface area contributed by atoms with E-state index in [0.717, 1.165) is 30.2 Å². The maximum Gasteiger partial charge on any atom is 0.214 e. The third kappa shape index (κ3) is 5.27. The molecule has 2 aromatic rings. The standard InChI is InChI=1S/C28H39ClN2O3S/c1-5-31(6-2)35(32,33)18-8-17-34-23-13-14-25-24(19-23)26(30-20-27(25,3)4)28(15-7-16-28)21-9-11-22(29)12-10-21/h9-14,19,26,30H,5-8,15-18,20H2,1-4H3. The van der Waals surface area contributed by atoms with Crippen LogP contribution in [0.15, 0.2) is 42.5 Å². The minimum Gasteiger partial charge on any atom is -0.494 e. The minimum atomic E-state index is -3.23. The van der Waals surface area contributed by atoms with E-state index in [1.54, 1.807) is 0 Å². The summed E-state index contributed by atoms with van der Waals surface area (Å²) in [6.07, 6.45) is 3.97. The monoisotopic (exact) mass is 518 g/mol. The lowest BCUT2D eigenvalue weighted by atomic mass is 9.56. The number of halogens is 1. The van der Waals surface area contributed by atoms with Crippen LogP contribution in [0.5, 0.6) is 5.75 Å². The Balaban J connectivity index is 1.55. The zero-order valence-electron chi connectivity index (χ0n) is 21.4. The first kappa shape index (κ1) is 26.5. The molecule has 0 saturated heterocycles. The Kier molecular flexibility index (Phi) is 7.87. The van der Waals surface area contributed by atoms with Crippen LogP contribution in [-0.4, -0.2) is 44.7 Å². The summed E-state index contributed by atoms with van der Waals surface area (Å²) in [5.41, 5.74) is 4.06. The third-order valence-electron chi connectivity index (χ3n) is 7.94. The molecule has 0 amide bonds. The van der Waals surface area contributed by atoms with Crippen molar-refractivity contribution in [3.05, 3.63) is 64.2 Å². The van der Waals surface area contributed by atoms with E-state index in [1.807, 2.05) is 32.0 Å². The van der Waals surface area contributed by atoms with Crippen molar-refractivity contribution in [2.45, 2.75) is 70.3 Å². The predicted molar refractivity (Wildman–Crippen MR) is 144 cm³/mol. The zero-order chi connectivity index (χ0) is 25.3. The molecule has 1 aliphatic carbocycles. The molecule has 2 aromatic carbocycles. The molecule has 2 aliphatic rings. The Labute approximate surface area is 216 Å². The van der Waals surface area contributed by atoms with Gasteiger partial charge in [-0.15, -0.1) is 0 Å². The molecule has 1 heterocycles. The van der Waals surface area contributed by atoms with Crippen molar-refractivity contribution in [3.63, 3.8) is 0 Å². The van der Waals surface area contributed by atoms with Crippen LogP contribution in [0, 0.1) is 0 Å². The molecule has 1 saturated carbocycles. The summed E-state index contributed by atoms with van der Waals surface area (Å²) < 4.78 is 32.5. The van der Waals surface area contributed by atoms with E-state index in [2.05, 4.69) is 43.4 Å². The average Bonchev–Trinajstić information content (AvgIpc) is 2.79. The first-order valence-corrected chi connectivity index (χ1v) is 14.9. The van der Waals surface area contributed by atoms with Crippen LogP contribution in [0.4, 0.5) is 0 Å². The molecule has 5 nitrogen and oxygen atoms in total. The molecule has 0 aromatic heterocycles. The number of benzene rings is 2. The van der Waals surface area contributed by atoms with Gasteiger partial charge < -0.3 is 10.1 Å². The summed E-state index contributed by atoms with van der Waals surface area (Å²) in [5.74, 6) is 0.912. The highest BCUT2D eigenvalue weighted by atomic mass is 35.5. The number of fused-ring (bicyclic) bond motifs is 1. The molecular weight excluding hydrogens is 480 g/mol. The van der Waals surface area contributed by atoms with Gasteiger partial charge in [0, 0.05) is 41.5 Å². The Morgan fingerprint density at radius 2 is 1.77 bits per heavy atom. The van der Waals surface area contributed by atoms with Crippen molar-refractivity contribution >= 4 is 21.6 Å². The molecule has 0 radical (unpaired) electrons. The normalized spacial score (nSPS) is 20.8. The smallest absolute Gasteiger partial charge is 0.214 e. The number of rotatable bonds is 10. The minimum absolute atomic E-state index is 0.0210. The van der Waals surface area contributed by atoms with Gasteiger partial charge in [0.2, 0.25) is 10.0 Å². The van der Waals surface area contributed by atoms with Crippen LogP contribution in [0.1, 0.15) is 76.1 Å². The van der Waals surface area contributed by atoms with Gasteiger partial charge >= 0.3 is 0 Å². The van der Waals surface area contributed by atoms with Crippen molar-refractivity contribution in [3.8, 4) is 5.75 Å². The summed E-state index contributed by atoms with van der Waals surface area (Å²) in [4.78, 5) is 0. The molecule has 1 atom stereocenters. The van der Waals surface area contributed by atoms with Gasteiger partial charge in [0.25, 0.3) is 0 Å². The highest BCUT2D eigenvalue weighted by molar-refractivity contribution is 7.89. The molecule has 1 unspecified atom stereocenters. The largest absolute Gasteiger partial charge is 0.494 e. The van der Waals surface area contributed by atoms with Crippen molar-refractivity contribution in [2.24, 2.45) is 0 Å². The molecule has 1 N–H and O–H groups in total. The molecule has 35 heavy (non-hydrogen) atoms. The number of nitrogens with one attached hydrogen (secondary N) is 1. The fourth-order valence-corrected chi connectivity index (χ4v) is 7.46. The third-order valence-corrected chi connectivity index (χ3v) is 10.3. The van der Waals surface area contributed by atoms with Crippen molar-refractivity contribution in [1.29, 1.82) is 0 Å². The molecule has 0 bridgehead atoms. The predicted octanol–water partition coefficient (Wildman–Crippen LogP) is 5.82. The fraction of sp³-hybridized carbons (Fsp3) is 0.571. The number of sulfonamides is 1. The lowest BCUT2D eigenvalue weighted by molar-refractivity contribution is 0.153. The zero-order valence-corrected chi connectivity index (χ0v) is 23.0. The van der Waals surface area contributed by atoms with E-state index in [4.69, 9.17) is 16.3 Å². The number of hydrogen-bond acceptors (Lipinski definition) is 4. The van der Waals surface area contributed by atoms with Crippen LogP contribution >= 0.6 is 11.6 Å². The quantitative estimate of drug-likeness (QED) is 0.402. The highest BCUT2D eigenvalue weighted by Gasteiger charge is 2.49. The Hall–Kier alpha value is -1.60.